The Labute approximate surface area is 161 Å². The molecular formula is C20H18ClN3OS. The maximum Gasteiger partial charge on any atom is 0.229 e. The van der Waals surface area contributed by atoms with Crippen LogP contribution in [0.3, 0.4) is 0 Å². The van der Waals surface area contributed by atoms with Gasteiger partial charge < -0.3 is 5.32 Å². The minimum absolute atomic E-state index is 0.0539. The summed E-state index contributed by atoms with van der Waals surface area (Å²) in [5.74, 6) is 2.49. The van der Waals surface area contributed by atoms with Crippen molar-refractivity contribution in [1.29, 1.82) is 0 Å². The normalized spacial score (nSPS) is 12.8. The zero-order valence-electron chi connectivity index (χ0n) is 14.3. The number of halogens is 1. The van der Waals surface area contributed by atoms with Gasteiger partial charge in [0.15, 0.2) is 0 Å². The first kappa shape index (κ1) is 17.2. The SMILES string of the molecule is Cc1ccccc1-n1nc2c(c1NC(=O)Cc1ccc(Cl)cc1)CSC2. The Morgan fingerprint density at radius 1 is 1.19 bits per heavy atom. The van der Waals surface area contributed by atoms with E-state index in [1.165, 1.54) is 0 Å². The molecule has 3 aromatic rings. The molecule has 26 heavy (non-hydrogen) atoms. The van der Waals surface area contributed by atoms with E-state index in [0.717, 1.165) is 45.4 Å². The van der Waals surface area contributed by atoms with E-state index in [9.17, 15) is 4.79 Å². The topological polar surface area (TPSA) is 46.9 Å². The fraction of sp³-hybridized carbons (Fsp3) is 0.200. The maximum absolute atomic E-state index is 12.6. The molecule has 1 aliphatic rings. The minimum atomic E-state index is -0.0539. The first-order valence-corrected chi connectivity index (χ1v) is 9.94. The Kier molecular flexibility index (Phi) is 4.74. The lowest BCUT2D eigenvalue weighted by Crippen LogP contribution is -2.18. The van der Waals surface area contributed by atoms with Gasteiger partial charge in [-0.2, -0.15) is 16.9 Å². The van der Waals surface area contributed by atoms with Crippen molar-refractivity contribution in [2.75, 3.05) is 5.32 Å². The molecule has 1 aliphatic heterocycles. The molecular weight excluding hydrogens is 366 g/mol. The van der Waals surface area contributed by atoms with Crippen LogP contribution in [0.1, 0.15) is 22.4 Å². The maximum atomic E-state index is 12.6. The van der Waals surface area contributed by atoms with Crippen molar-refractivity contribution < 1.29 is 4.79 Å². The van der Waals surface area contributed by atoms with Gasteiger partial charge in [0.05, 0.1) is 17.8 Å². The van der Waals surface area contributed by atoms with Crippen LogP contribution in [-0.4, -0.2) is 15.7 Å². The lowest BCUT2D eigenvalue weighted by Gasteiger charge is -2.13. The average Bonchev–Trinajstić information content (AvgIpc) is 3.20. The summed E-state index contributed by atoms with van der Waals surface area (Å²) in [6.07, 6.45) is 0.304. The van der Waals surface area contributed by atoms with Crippen LogP contribution in [0.5, 0.6) is 0 Å². The van der Waals surface area contributed by atoms with Crippen molar-refractivity contribution >= 4 is 35.1 Å². The summed E-state index contributed by atoms with van der Waals surface area (Å²) in [4.78, 5) is 12.6. The molecule has 0 radical (unpaired) electrons. The molecule has 132 valence electrons. The van der Waals surface area contributed by atoms with Gasteiger partial charge in [0.2, 0.25) is 5.91 Å². The number of nitrogens with one attached hydrogen (secondary N) is 1. The Balaban J connectivity index is 1.64. The Hall–Kier alpha value is -2.24. The number of aryl methyl sites for hydroxylation is 1. The molecule has 1 aromatic heterocycles. The molecule has 1 N–H and O–H groups in total. The second kappa shape index (κ2) is 7.17. The van der Waals surface area contributed by atoms with E-state index in [2.05, 4.69) is 18.3 Å². The van der Waals surface area contributed by atoms with Crippen LogP contribution >= 0.6 is 23.4 Å². The number of anilines is 1. The quantitative estimate of drug-likeness (QED) is 0.706. The average molecular weight is 384 g/mol. The van der Waals surface area contributed by atoms with Crippen LogP contribution in [0.2, 0.25) is 5.02 Å². The molecule has 0 saturated carbocycles. The van der Waals surface area contributed by atoms with Gasteiger partial charge in [-0.1, -0.05) is 41.9 Å². The number of hydrogen-bond acceptors (Lipinski definition) is 3. The Bertz CT molecular complexity index is 966. The van der Waals surface area contributed by atoms with Crippen LogP contribution < -0.4 is 5.32 Å². The first-order valence-electron chi connectivity index (χ1n) is 8.40. The molecule has 0 saturated heterocycles. The van der Waals surface area contributed by atoms with Crippen molar-refractivity contribution in [2.45, 2.75) is 24.9 Å². The van der Waals surface area contributed by atoms with Crippen LogP contribution in [0.15, 0.2) is 48.5 Å². The third kappa shape index (κ3) is 3.37. The highest BCUT2D eigenvalue weighted by molar-refractivity contribution is 7.98. The number of carbonyl (C=O) groups is 1. The number of benzene rings is 2. The number of hydrogen-bond donors (Lipinski definition) is 1. The molecule has 0 aliphatic carbocycles. The summed E-state index contributed by atoms with van der Waals surface area (Å²) in [5.41, 5.74) is 5.23. The monoisotopic (exact) mass is 383 g/mol. The summed E-state index contributed by atoms with van der Waals surface area (Å²) in [7, 11) is 0. The van der Waals surface area contributed by atoms with Gasteiger partial charge in [-0.3, -0.25) is 4.79 Å². The second-order valence-corrected chi connectivity index (χ2v) is 7.74. The molecule has 1 amide bonds. The van der Waals surface area contributed by atoms with Gasteiger partial charge in [-0.15, -0.1) is 0 Å². The minimum Gasteiger partial charge on any atom is -0.310 e. The largest absolute Gasteiger partial charge is 0.310 e. The third-order valence-corrected chi connectivity index (χ3v) is 5.65. The summed E-state index contributed by atoms with van der Waals surface area (Å²) in [5, 5.41) is 8.52. The van der Waals surface area contributed by atoms with E-state index in [-0.39, 0.29) is 5.91 Å². The molecule has 2 aromatic carbocycles. The number of carbonyl (C=O) groups excluding carboxylic acids is 1. The number of thioether (sulfide) groups is 1. The number of nitrogens with zero attached hydrogens (tertiary/aromatic N) is 2. The predicted octanol–water partition coefficient (Wildman–Crippen LogP) is 4.76. The first-order chi connectivity index (χ1) is 12.6. The molecule has 2 heterocycles. The molecule has 4 nitrogen and oxygen atoms in total. The fourth-order valence-corrected chi connectivity index (χ4v) is 4.24. The van der Waals surface area contributed by atoms with E-state index >= 15 is 0 Å². The highest BCUT2D eigenvalue weighted by Gasteiger charge is 2.25. The van der Waals surface area contributed by atoms with Gasteiger partial charge in [-0.05, 0) is 36.2 Å². The van der Waals surface area contributed by atoms with E-state index < -0.39 is 0 Å². The second-order valence-electron chi connectivity index (χ2n) is 6.32. The molecule has 0 fully saturated rings. The van der Waals surface area contributed by atoms with E-state index in [0.29, 0.717) is 11.4 Å². The number of amides is 1. The number of aromatic nitrogens is 2. The summed E-state index contributed by atoms with van der Waals surface area (Å²) < 4.78 is 1.87. The van der Waals surface area contributed by atoms with Crippen LogP contribution in [0.25, 0.3) is 5.69 Å². The van der Waals surface area contributed by atoms with Crippen molar-refractivity contribution in [2.24, 2.45) is 0 Å². The van der Waals surface area contributed by atoms with E-state index in [4.69, 9.17) is 16.7 Å². The van der Waals surface area contributed by atoms with Gasteiger partial charge in [0.1, 0.15) is 5.82 Å². The van der Waals surface area contributed by atoms with Gasteiger partial charge in [-0.25, -0.2) is 4.68 Å². The summed E-state index contributed by atoms with van der Waals surface area (Å²) in [6.45, 7) is 2.05. The van der Waals surface area contributed by atoms with Crippen molar-refractivity contribution in [3.8, 4) is 5.69 Å². The van der Waals surface area contributed by atoms with Crippen LogP contribution in [0.4, 0.5) is 5.82 Å². The molecule has 0 unspecified atom stereocenters. The predicted molar refractivity (Wildman–Crippen MR) is 107 cm³/mol. The number of para-hydroxylation sites is 1. The summed E-state index contributed by atoms with van der Waals surface area (Å²) in [6, 6.07) is 15.4. The zero-order chi connectivity index (χ0) is 18.1. The molecule has 6 heteroatoms. The van der Waals surface area contributed by atoms with E-state index in [1.807, 2.05) is 46.8 Å². The lowest BCUT2D eigenvalue weighted by atomic mass is 10.1. The molecule has 0 bridgehead atoms. The molecule has 4 rings (SSSR count). The smallest absolute Gasteiger partial charge is 0.229 e. The van der Waals surface area contributed by atoms with Crippen LogP contribution in [0, 0.1) is 6.92 Å². The number of fused-ring (bicyclic) bond motifs is 1. The highest BCUT2D eigenvalue weighted by atomic mass is 35.5. The number of rotatable bonds is 4. The lowest BCUT2D eigenvalue weighted by molar-refractivity contribution is -0.115. The van der Waals surface area contributed by atoms with Gasteiger partial charge in [0, 0.05) is 22.1 Å². The van der Waals surface area contributed by atoms with Gasteiger partial charge >= 0.3 is 0 Å². The molecule has 0 spiro atoms. The zero-order valence-corrected chi connectivity index (χ0v) is 15.9. The fourth-order valence-electron chi connectivity index (χ4n) is 3.08. The van der Waals surface area contributed by atoms with Crippen molar-refractivity contribution in [3.63, 3.8) is 0 Å². The standard InChI is InChI=1S/C20H18ClN3OS/c1-13-4-2-3-5-18(13)24-20(16-11-26-12-17(16)23-24)22-19(25)10-14-6-8-15(21)9-7-14/h2-9H,10-12H2,1H3,(H,22,25). The van der Waals surface area contributed by atoms with Crippen molar-refractivity contribution in [3.05, 3.63) is 75.9 Å². The van der Waals surface area contributed by atoms with Crippen molar-refractivity contribution in [1.82, 2.24) is 9.78 Å². The van der Waals surface area contributed by atoms with Gasteiger partial charge in [0.25, 0.3) is 0 Å². The summed E-state index contributed by atoms with van der Waals surface area (Å²) >= 11 is 7.74. The highest BCUT2D eigenvalue weighted by Crippen LogP contribution is 2.36. The Morgan fingerprint density at radius 3 is 2.73 bits per heavy atom. The molecule has 0 atom stereocenters. The Morgan fingerprint density at radius 2 is 1.96 bits per heavy atom. The van der Waals surface area contributed by atoms with E-state index in [1.54, 1.807) is 12.1 Å². The van der Waals surface area contributed by atoms with Crippen LogP contribution in [-0.2, 0) is 22.7 Å². The third-order valence-electron chi connectivity index (χ3n) is 4.43.